The van der Waals surface area contributed by atoms with E-state index in [9.17, 15) is 9.18 Å². The fourth-order valence-electron chi connectivity index (χ4n) is 2.39. The van der Waals surface area contributed by atoms with Crippen molar-refractivity contribution in [2.24, 2.45) is 0 Å². The molecule has 0 spiro atoms. The third-order valence-corrected chi connectivity index (χ3v) is 6.37. The fourth-order valence-corrected chi connectivity index (χ4v) is 4.71. The zero-order chi connectivity index (χ0) is 20.2. The topological polar surface area (TPSA) is 98.0 Å². The zero-order valence-electron chi connectivity index (χ0n) is 15.1. The monoisotopic (exact) mass is 447 g/mol. The van der Waals surface area contributed by atoms with Crippen LogP contribution in [0.1, 0.15) is 6.92 Å². The van der Waals surface area contributed by atoms with Crippen LogP contribution >= 0.6 is 34.9 Å². The van der Waals surface area contributed by atoms with Gasteiger partial charge in [-0.3, -0.25) is 10.1 Å². The van der Waals surface area contributed by atoms with Crippen LogP contribution in [0.4, 0.5) is 9.52 Å². The number of benzene rings is 1. The maximum absolute atomic E-state index is 13.5. The number of thioether (sulfide) groups is 2. The second-order valence-electron chi connectivity index (χ2n) is 5.62. The van der Waals surface area contributed by atoms with Crippen LogP contribution < -0.4 is 5.32 Å². The minimum atomic E-state index is -0.362. The van der Waals surface area contributed by atoms with Gasteiger partial charge in [-0.2, -0.15) is 9.61 Å². The number of amides is 1. The summed E-state index contributed by atoms with van der Waals surface area (Å²) in [5.74, 6) is 0.925. The summed E-state index contributed by atoms with van der Waals surface area (Å²) in [6, 6.07) is 9.59. The number of carbonyl (C=O) groups excluding carboxylic acids is 1. The summed E-state index contributed by atoms with van der Waals surface area (Å²) in [6.07, 6.45) is 0. The van der Waals surface area contributed by atoms with Gasteiger partial charge in [0, 0.05) is 5.56 Å². The molecule has 0 atom stereocenters. The summed E-state index contributed by atoms with van der Waals surface area (Å²) in [5.41, 5.74) is 1.11. The Morgan fingerprint density at radius 1 is 1.17 bits per heavy atom. The highest BCUT2D eigenvalue weighted by Gasteiger charge is 2.13. The maximum atomic E-state index is 13.5. The van der Waals surface area contributed by atoms with Gasteiger partial charge in [0.05, 0.1) is 5.75 Å². The van der Waals surface area contributed by atoms with Crippen LogP contribution in [0.25, 0.3) is 17.0 Å². The molecular formula is C17H14FN7OS3. The molecule has 1 amide bonds. The van der Waals surface area contributed by atoms with Crippen LogP contribution in [-0.2, 0) is 4.79 Å². The lowest BCUT2D eigenvalue weighted by molar-refractivity contribution is -0.113. The predicted octanol–water partition coefficient (Wildman–Crippen LogP) is 3.62. The van der Waals surface area contributed by atoms with E-state index in [1.54, 1.807) is 36.0 Å². The van der Waals surface area contributed by atoms with Crippen LogP contribution in [0.15, 0.2) is 45.8 Å². The van der Waals surface area contributed by atoms with E-state index in [4.69, 9.17) is 0 Å². The summed E-state index contributed by atoms with van der Waals surface area (Å²) in [4.78, 5) is 12.2. The number of fused-ring (bicyclic) bond motifs is 1. The molecular weight excluding hydrogens is 433 g/mol. The van der Waals surface area contributed by atoms with E-state index in [1.165, 1.54) is 39.7 Å². The van der Waals surface area contributed by atoms with Crippen molar-refractivity contribution in [3.8, 4) is 11.4 Å². The second-order valence-corrected chi connectivity index (χ2v) is 9.10. The Balaban J connectivity index is 1.45. The van der Waals surface area contributed by atoms with E-state index in [-0.39, 0.29) is 17.5 Å². The normalized spacial score (nSPS) is 11.1. The van der Waals surface area contributed by atoms with Crippen molar-refractivity contribution in [3.63, 3.8) is 0 Å². The van der Waals surface area contributed by atoms with Crippen molar-refractivity contribution in [2.75, 3.05) is 16.8 Å². The highest BCUT2D eigenvalue weighted by molar-refractivity contribution is 8.01. The van der Waals surface area contributed by atoms with Crippen LogP contribution in [0.5, 0.6) is 0 Å². The smallest absolute Gasteiger partial charge is 0.236 e. The molecule has 0 aliphatic heterocycles. The van der Waals surface area contributed by atoms with Gasteiger partial charge in [0.1, 0.15) is 10.8 Å². The average molecular weight is 448 g/mol. The quantitative estimate of drug-likeness (QED) is 0.339. The lowest BCUT2D eigenvalue weighted by Crippen LogP contribution is -2.14. The first-order chi connectivity index (χ1) is 14.1. The maximum Gasteiger partial charge on any atom is 0.236 e. The molecule has 1 N–H and O–H groups in total. The predicted molar refractivity (Wildman–Crippen MR) is 112 cm³/mol. The molecule has 0 bridgehead atoms. The first-order valence-electron chi connectivity index (χ1n) is 8.49. The van der Waals surface area contributed by atoms with Crippen molar-refractivity contribution in [2.45, 2.75) is 16.3 Å². The van der Waals surface area contributed by atoms with Crippen LogP contribution in [0, 0.1) is 5.82 Å². The Bertz CT molecular complexity index is 1160. The van der Waals surface area contributed by atoms with Crippen molar-refractivity contribution < 1.29 is 9.18 Å². The van der Waals surface area contributed by atoms with Crippen LogP contribution in [0.3, 0.4) is 0 Å². The van der Waals surface area contributed by atoms with Gasteiger partial charge in [-0.1, -0.05) is 53.9 Å². The number of rotatable bonds is 7. The summed E-state index contributed by atoms with van der Waals surface area (Å²) < 4.78 is 15.9. The third-order valence-electron chi connectivity index (χ3n) is 3.59. The average Bonchev–Trinajstić information content (AvgIpc) is 3.33. The van der Waals surface area contributed by atoms with E-state index < -0.39 is 0 Å². The molecule has 12 heteroatoms. The summed E-state index contributed by atoms with van der Waals surface area (Å²) in [7, 11) is 0. The highest BCUT2D eigenvalue weighted by Crippen LogP contribution is 2.25. The first-order valence-corrected chi connectivity index (χ1v) is 11.3. The Morgan fingerprint density at radius 2 is 2.07 bits per heavy atom. The lowest BCUT2D eigenvalue weighted by Gasteiger charge is -2.03. The zero-order valence-corrected chi connectivity index (χ0v) is 17.5. The molecule has 0 aliphatic carbocycles. The standard InChI is InChI=1S/C17H14FN7OS3/c1-2-27-17-23-22-16(29-17)19-13(26)9-28-14-7-6-12-20-21-15(25(12)24-14)10-4-3-5-11(18)8-10/h3-8H,2,9H2,1H3,(H,19,22,26). The Kier molecular flexibility index (Phi) is 6.02. The molecule has 0 radical (unpaired) electrons. The number of hydrogen-bond donors (Lipinski definition) is 1. The summed E-state index contributed by atoms with van der Waals surface area (Å²) in [6.45, 7) is 2.03. The Hall–Kier alpha value is -2.57. The molecule has 3 aromatic heterocycles. The molecule has 4 aromatic rings. The fraction of sp³-hybridized carbons (Fsp3) is 0.176. The SMILES string of the molecule is CCSc1nnc(NC(=O)CSc2ccc3nnc(-c4cccc(F)c4)n3n2)s1. The number of aromatic nitrogens is 6. The Labute approximate surface area is 177 Å². The van der Waals surface area contributed by atoms with E-state index in [2.05, 4.69) is 30.8 Å². The third kappa shape index (κ3) is 4.71. The van der Waals surface area contributed by atoms with Crippen molar-refractivity contribution in [3.05, 3.63) is 42.2 Å². The molecule has 148 valence electrons. The number of carbonyl (C=O) groups is 1. The number of hydrogen-bond acceptors (Lipinski definition) is 9. The minimum Gasteiger partial charge on any atom is -0.300 e. The summed E-state index contributed by atoms with van der Waals surface area (Å²) in [5, 5.41) is 24.4. The van der Waals surface area contributed by atoms with Gasteiger partial charge in [0.15, 0.2) is 15.8 Å². The number of nitrogens with zero attached hydrogens (tertiary/aromatic N) is 6. The van der Waals surface area contributed by atoms with Crippen molar-refractivity contribution in [1.29, 1.82) is 0 Å². The second kappa shape index (κ2) is 8.84. The van der Waals surface area contributed by atoms with Gasteiger partial charge in [0.25, 0.3) is 0 Å². The van der Waals surface area contributed by atoms with E-state index >= 15 is 0 Å². The van der Waals surface area contributed by atoms with Crippen molar-refractivity contribution in [1.82, 2.24) is 30.0 Å². The molecule has 0 fully saturated rings. The Morgan fingerprint density at radius 3 is 2.90 bits per heavy atom. The van der Waals surface area contributed by atoms with Gasteiger partial charge in [-0.25, -0.2) is 4.39 Å². The van der Waals surface area contributed by atoms with E-state index in [0.29, 0.717) is 27.2 Å². The van der Waals surface area contributed by atoms with Gasteiger partial charge in [0.2, 0.25) is 11.0 Å². The molecule has 0 saturated carbocycles. The van der Waals surface area contributed by atoms with Crippen LogP contribution in [-0.4, -0.2) is 47.4 Å². The van der Waals surface area contributed by atoms with Crippen LogP contribution in [0.2, 0.25) is 0 Å². The molecule has 0 aliphatic rings. The first kappa shape index (κ1) is 19.7. The van der Waals surface area contributed by atoms with Gasteiger partial charge in [-0.15, -0.1) is 20.4 Å². The molecule has 8 nitrogen and oxygen atoms in total. The number of halogens is 1. The molecule has 29 heavy (non-hydrogen) atoms. The minimum absolute atomic E-state index is 0.158. The van der Waals surface area contributed by atoms with Gasteiger partial charge in [-0.05, 0) is 30.0 Å². The largest absolute Gasteiger partial charge is 0.300 e. The highest BCUT2D eigenvalue weighted by atomic mass is 32.2. The van der Waals surface area contributed by atoms with Crippen molar-refractivity contribution >= 4 is 51.5 Å². The van der Waals surface area contributed by atoms with E-state index in [0.717, 1.165) is 10.1 Å². The van der Waals surface area contributed by atoms with Gasteiger partial charge < -0.3 is 0 Å². The molecule has 3 heterocycles. The van der Waals surface area contributed by atoms with E-state index in [1.807, 2.05) is 6.92 Å². The number of nitrogens with one attached hydrogen (secondary N) is 1. The van der Waals surface area contributed by atoms with Gasteiger partial charge >= 0.3 is 0 Å². The molecule has 0 unspecified atom stereocenters. The molecule has 4 rings (SSSR count). The summed E-state index contributed by atoms with van der Waals surface area (Å²) >= 11 is 4.19. The molecule has 1 aromatic carbocycles. The lowest BCUT2D eigenvalue weighted by atomic mass is 10.2. The molecule has 0 saturated heterocycles. The number of anilines is 1.